The molecule has 2 fully saturated rings. The number of nitrogens with zero attached hydrogens (tertiary/aromatic N) is 6. The number of ether oxygens (including phenoxy) is 1. The van der Waals surface area contributed by atoms with Gasteiger partial charge in [0.1, 0.15) is 23.0 Å². The number of aromatic nitrogens is 4. The van der Waals surface area contributed by atoms with Gasteiger partial charge >= 0.3 is 0 Å². The van der Waals surface area contributed by atoms with E-state index in [9.17, 15) is 14.4 Å². The van der Waals surface area contributed by atoms with Gasteiger partial charge in [-0.1, -0.05) is 13.8 Å². The van der Waals surface area contributed by atoms with Crippen molar-refractivity contribution in [3.8, 4) is 11.1 Å². The molecule has 12 heteroatoms. The van der Waals surface area contributed by atoms with E-state index in [2.05, 4.69) is 55.4 Å². The number of anilines is 4. The van der Waals surface area contributed by atoms with Crippen LogP contribution in [0, 0.1) is 5.41 Å². The van der Waals surface area contributed by atoms with Gasteiger partial charge in [-0.2, -0.15) is 0 Å². The highest BCUT2D eigenvalue weighted by Gasteiger charge is 2.38. The number of hydrogen-bond donors (Lipinski definition) is 2. The summed E-state index contributed by atoms with van der Waals surface area (Å²) in [6.45, 7) is 12.3. The van der Waals surface area contributed by atoms with E-state index in [1.807, 2.05) is 24.4 Å². The summed E-state index contributed by atoms with van der Waals surface area (Å²) < 4.78 is 7.52. The average Bonchev–Trinajstić information content (AvgIpc) is 3.54. The van der Waals surface area contributed by atoms with Crippen LogP contribution in [0.4, 0.5) is 23.0 Å². The van der Waals surface area contributed by atoms with Gasteiger partial charge in [0.05, 0.1) is 36.7 Å². The maximum Gasteiger partial charge on any atom is 0.276 e. The molecular weight excluding hydrogens is 608 g/mol. The number of rotatable bonds is 7. The first-order chi connectivity index (χ1) is 23.2. The smallest absolute Gasteiger partial charge is 0.276 e. The van der Waals surface area contributed by atoms with Crippen molar-refractivity contribution >= 4 is 35.2 Å². The lowest BCUT2D eigenvalue weighted by molar-refractivity contribution is -0.0691. The summed E-state index contributed by atoms with van der Waals surface area (Å²) in [5.74, 6) is 0.681. The van der Waals surface area contributed by atoms with Crippen LogP contribution in [0.5, 0.6) is 0 Å². The summed E-state index contributed by atoms with van der Waals surface area (Å²) in [7, 11) is 0. The van der Waals surface area contributed by atoms with E-state index in [0.29, 0.717) is 59.2 Å². The van der Waals surface area contributed by atoms with Crippen molar-refractivity contribution in [2.45, 2.75) is 52.2 Å². The van der Waals surface area contributed by atoms with Crippen LogP contribution < -0.4 is 20.7 Å². The van der Waals surface area contributed by atoms with Gasteiger partial charge in [0.25, 0.3) is 11.5 Å². The molecule has 4 aromatic heterocycles. The Labute approximate surface area is 278 Å². The van der Waals surface area contributed by atoms with Crippen molar-refractivity contribution < 1.29 is 14.3 Å². The zero-order chi connectivity index (χ0) is 33.2. The molecule has 4 aromatic rings. The number of nitrogens with one attached hydrogen (secondary N) is 2. The van der Waals surface area contributed by atoms with Crippen LogP contribution in [-0.2, 0) is 24.1 Å². The number of pyridine rings is 3. The second-order valence-corrected chi connectivity index (χ2v) is 14.2. The lowest BCUT2D eigenvalue weighted by atomic mass is 9.90. The van der Waals surface area contributed by atoms with Crippen LogP contribution in [0.15, 0.2) is 53.7 Å². The molecule has 0 radical (unpaired) electrons. The first-order valence-electron chi connectivity index (χ1n) is 16.7. The minimum Gasteiger partial charge on any atom is -0.378 e. The number of aromatic amines is 1. The Kier molecular flexibility index (Phi) is 7.44. The summed E-state index contributed by atoms with van der Waals surface area (Å²) in [6, 6.07) is 10.2. The SMILES string of the molecule is C[C@H]1CN(C2COC2)CCN1c1ccc(Nc2cc(-c3ccnc(N4CCn5c(cc6c5CC(C)(C)C6)C4=O)c3C=O)c[nH]c2=O)nc1. The predicted molar refractivity (Wildman–Crippen MR) is 183 cm³/mol. The first-order valence-corrected chi connectivity index (χ1v) is 16.7. The maximum absolute atomic E-state index is 13.8. The van der Waals surface area contributed by atoms with Crippen molar-refractivity contribution in [3.05, 3.63) is 81.8 Å². The molecule has 0 aromatic carbocycles. The Bertz CT molecular complexity index is 1960. The molecule has 0 bridgehead atoms. The molecular formula is C36H40N8O4. The Morgan fingerprint density at radius 3 is 2.62 bits per heavy atom. The molecule has 0 saturated carbocycles. The Morgan fingerprint density at radius 1 is 1.04 bits per heavy atom. The third kappa shape index (κ3) is 5.29. The van der Waals surface area contributed by atoms with Crippen LogP contribution in [-0.4, -0.2) is 88.1 Å². The van der Waals surface area contributed by atoms with Crippen molar-refractivity contribution in [3.63, 3.8) is 0 Å². The van der Waals surface area contributed by atoms with Crippen LogP contribution >= 0.6 is 0 Å². The van der Waals surface area contributed by atoms with E-state index in [4.69, 9.17) is 4.74 Å². The second-order valence-electron chi connectivity index (χ2n) is 14.2. The van der Waals surface area contributed by atoms with Crippen LogP contribution in [0.2, 0.25) is 0 Å². The fourth-order valence-electron chi connectivity index (χ4n) is 7.79. The number of hydrogen-bond acceptors (Lipinski definition) is 9. The zero-order valence-corrected chi connectivity index (χ0v) is 27.5. The highest BCUT2D eigenvalue weighted by molar-refractivity contribution is 6.08. The summed E-state index contributed by atoms with van der Waals surface area (Å²) in [4.78, 5) is 57.7. The highest BCUT2D eigenvalue weighted by atomic mass is 16.5. The fourth-order valence-corrected chi connectivity index (χ4v) is 7.79. The van der Waals surface area contributed by atoms with E-state index < -0.39 is 0 Å². The number of piperazine rings is 1. The predicted octanol–water partition coefficient (Wildman–Crippen LogP) is 3.88. The number of fused-ring (bicyclic) bond motifs is 3. The summed E-state index contributed by atoms with van der Waals surface area (Å²) >= 11 is 0. The molecule has 1 aliphatic carbocycles. The summed E-state index contributed by atoms with van der Waals surface area (Å²) in [6.07, 6.45) is 7.63. The standard InChI is InChI=1S/C36H40N8O4/c1-22-18-41(26-20-48-21-26)8-9-42(22)25-4-5-32(38-17-25)40-29-12-24(16-39-34(29)46)27-6-7-37-33(28(27)19-45)44-11-10-43-30(35(44)47)13-23-14-36(2,3)15-31(23)43/h4-7,12-13,16-17,19,22,26H,8-11,14-15,18,20-21H2,1-3H3,(H,38,40)(H,39,46)/t22-/m0/s1. The number of H-pyrrole nitrogens is 1. The number of carbonyl (C=O) groups is 2. The van der Waals surface area contributed by atoms with Crippen molar-refractivity contribution in [1.29, 1.82) is 0 Å². The first kappa shape index (κ1) is 30.5. The molecule has 7 heterocycles. The summed E-state index contributed by atoms with van der Waals surface area (Å²) in [5, 5.41) is 3.15. The van der Waals surface area contributed by atoms with Crippen molar-refractivity contribution in [2.24, 2.45) is 5.41 Å². The van der Waals surface area contributed by atoms with Gasteiger partial charge in [-0.25, -0.2) is 9.97 Å². The molecule has 48 heavy (non-hydrogen) atoms. The van der Waals surface area contributed by atoms with E-state index in [-0.39, 0.29) is 22.6 Å². The molecule has 1 amide bonds. The van der Waals surface area contributed by atoms with Crippen LogP contribution in [0.1, 0.15) is 52.9 Å². The molecule has 0 unspecified atom stereocenters. The summed E-state index contributed by atoms with van der Waals surface area (Å²) in [5.41, 5.74) is 5.77. The second kappa shape index (κ2) is 11.7. The van der Waals surface area contributed by atoms with Gasteiger partial charge in [0.15, 0.2) is 6.29 Å². The van der Waals surface area contributed by atoms with Gasteiger partial charge in [0.2, 0.25) is 0 Å². The molecule has 2 N–H and O–H groups in total. The quantitative estimate of drug-likeness (QED) is 0.287. The van der Waals surface area contributed by atoms with E-state index >= 15 is 0 Å². The molecule has 12 nitrogen and oxygen atoms in total. The van der Waals surface area contributed by atoms with Crippen LogP contribution in [0.3, 0.4) is 0 Å². The minimum absolute atomic E-state index is 0.163. The van der Waals surface area contributed by atoms with Gasteiger partial charge in [-0.3, -0.25) is 24.2 Å². The van der Waals surface area contributed by atoms with E-state index in [1.54, 1.807) is 29.4 Å². The van der Waals surface area contributed by atoms with E-state index in [1.165, 1.54) is 11.3 Å². The van der Waals surface area contributed by atoms with E-state index in [0.717, 1.165) is 57.7 Å². The zero-order valence-electron chi connectivity index (χ0n) is 27.5. The molecule has 248 valence electrons. The van der Waals surface area contributed by atoms with Gasteiger partial charge < -0.3 is 24.5 Å². The molecule has 0 spiro atoms. The molecule has 1 atom stereocenters. The number of amides is 1. The maximum atomic E-state index is 13.8. The Morgan fingerprint density at radius 2 is 1.90 bits per heavy atom. The molecule has 8 rings (SSSR count). The van der Waals surface area contributed by atoms with Crippen molar-refractivity contribution in [1.82, 2.24) is 24.4 Å². The normalized spacial score (nSPS) is 20.7. The van der Waals surface area contributed by atoms with Crippen molar-refractivity contribution in [2.75, 3.05) is 54.5 Å². The largest absolute Gasteiger partial charge is 0.378 e. The van der Waals surface area contributed by atoms with Gasteiger partial charge in [-0.15, -0.1) is 0 Å². The van der Waals surface area contributed by atoms with Crippen LogP contribution in [0.25, 0.3) is 11.1 Å². The number of aldehydes is 1. The monoisotopic (exact) mass is 648 g/mol. The molecule has 3 aliphatic heterocycles. The Hall–Kier alpha value is -4.81. The molecule has 4 aliphatic rings. The highest BCUT2D eigenvalue weighted by Crippen LogP contribution is 2.40. The Balaban J connectivity index is 1.02. The third-order valence-electron chi connectivity index (χ3n) is 10.3. The minimum atomic E-state index is -0.320. The molecule has 2 saturated heterocycles. The lowest BCUT2D eigenvalue weighted by Gasteiger charge is -2.46. The fraction of sp³-hybridized carbons (Fsp3) is 0.417. The third-order valence-corrected chi connectivity index (χ3v) is 10.3. The average molecular weight is 649 g/mol. The number of carbonyl (C=O) groups excluding carboxylic acids is 2. The topological polar surface area (TPSA) is 129 Å². The van der Waals surface area contributed by atoms with Gasteiger partial charge in [0, 0.05) is 62.4 Å². The van der Waals surface area contributed by atoms with Gasteiger partial charge in [-0.05, 0) is 66.6 Å². The lowest BCUT2D eigenvalue weighted by Crippen LogP contribution is -2.59.